The number of nitrogens with zero attached hydrogens (tertiary/aromatic N) is 2. The molecule has 4 nitrogen and oxygen atoms in total. The van der Waals surface area contributed by atoms with Crippen molar-refractivity contribution in [3.8, 4) is 11.3 Å². The van der Waals surface area contributed by atoms with E-state index in [2.05, 4.69) is 15.3 Å². The lowest BCUT2D eigenvalue weighted by Gasteiger charge is -2.17. The molecule has 0 aliphatic heterocycles. The van der Waals surface area contributed by atoms with Gasteiger partial charge in [-0.15, -0.1) is 0 Å². The maximum atomic E-state index is 13.1. The van der Waals surface area contributed by atoms with E-state index in [4.69, 9.17) is 0 Å². The van der Waals surface area contributed by atoms with Crippen LogP contribution in [0.1, 0.15) is 34.5 Å². The Labute approximate surface area is 176 Å². The Kier molecular flexibility index (Phi) is 5.42. The first-order chi connectivity index (χ1) is 14.8. The van der Waals surface area contributed by atoms with E-state index < -0.39 is 23.7 Å². The van der Waals surface area contributed by atoms with E-state index in [0.29, 0.717) is 27.9 Å². The Morgan fingerprint density at radius 1 is 0.968 bits per heavy atom. The van der Waals surface area contributed by atoms with Crippen LogP contribution >= 0.6 is 0 Å². The molecule has 1 amide bonds. The summed E-state index contributed by atoms with van der Waals surface area (Å²) in [5.41, 5.74) is 1.80. The fraction of sp³-hybridized carbons (Fsp3) is 0.125. The molecule has 1 unspecified atom stereocenters. The number of hydrogen-bond acceptors (Lipinski definition) is 3. The van der Waals surface area contributed by atoms with Gasteiger partial charge >= 0.3 is 6.18 Å². The molecule has 4 rings (SSSR count). The lowest BCUT2D eigenvalue weighted by Crippen LogP contribution is -2.27. The van der Waals surface area contributed by atoms with Gasteiger partial charge in [-0.2, -0.15) is 13.2 Å². The van der Waals surface area contributed by atoms with Gasteiger partial charge in [-0.1, -0.05) is 42.5 Å². The number of alkyl halides is 3. The van der Waals surface area contributed by atoms with Crippen LogP contribution in [0.25, 0.3) is 22.3 Å². The van der Waals surface area contributed by atoms with Gasteiger partial charge in [-0.3, -0.25) is 4.79 Å². The fourth-order valence-corrected chi connectivity index (χ4v) is 3.34. The molecule has 31 heavy (non-hydrogen) atoms. The van der Waals surface area contributed by atoms with E-state index in [1.807, 2.05) is 30.3 Å². The Morgan fingerprint density at radius 3 is 2.48 bits per heavy atom. The van der Waals surface area contributed by atoms with Gasteiger partial charge in [0, 0.05) is 17.1 Å². The molecule has 1 N–H and O–H groups in total. The first kappa shape index (κ1) is 20.5. The van der Waals surface area contributed by atoms with Gasteiger partial charge < -0.3 is 5.32 Å². The number of carbonyl (C=O) groups is 1. The van der Waals surface area contributed by atoms with Gasteiger partial charge in [-0.25, -0.2) is 9.97 Å². The standard InChI is InChI=1S/C24H18F3N3O/c1-15(17-9-5-10-18(13-17)24(25,26)27)29-23(31)20-14-21(16-7-3-2-4-8-16)30-22-19(20)11-6-12-28-22/h2-15H,1H3,(H,29,31). The van der Waals surface area contributed by atoms with Crippen LogP contribution in [-0.4, -0.2) is 15.9 Å². The summed E-state index contributed by atoms with van der Waals surface area (Å²) in [6, 6.07) is 18.8. The molecule has 0 bridgehead atoms. The van der Waals surface area contributed by atoms with E-state index in [9.17, 15) is 18.0 Å². The first-order valence-corrected chi connectivity index (χ1v) is 9.62. The van der Waals surface area contributed by atoms with Crippen LogP contribution in [0.2, 0.25) is 0 Å². The third-order valence-corrected chi connectivity index (χ3v) is 4.96. The third kappa shape index (κ3) is 4.40. The van der Waals surface area contributed by atoms with Gasteiger partial charge in [0.2, 0.25) is 0 Å². The second kappa shape index (κ2) is 8.18. The van der Waals surface area contributed by atoms with Crippen LogP contribution in [0.15, 0.2) is 79.0 Å². The number of carbonyl (C=O) groups excluding carboxylic acids is 1. The summed E-state index contributed by atoms with van der Waals surface area (Å²) >= 11 is 0. The molecule has 0 aliphatic rings. The summed E-state index contributed by atoms with van der Waals surface area (Å²) in [6.07, 6.45) is -2.85. The van der Waals surface area contributed by atoms with Crippen LogP contribution in [0.5, 0.6) is 0 Å². The summed E-state index contributed by atoms with van der Waals surface area (Å²) < 4.78 is 39.1. The van der Waals surface area contributed by atoms with Crippen molar-refractivity contribution in [2.45, 2.75) is 19.1 Å². The van der Waals surface area contributed by atoms with E-state index in [1.165, 1.54) is 6.07 Å². The maximum Gasteiger partial charge on any atom is 0.416 e. The van der Waals surface area contributed by atoms with E-state index in [-0.39, 0.29) is 0 Å². The van der Waals surface area contributed by atoms with Crippen molar-refractivity contribution < 1.29 is 18.0 Å². The van der Waals surface area contributed by atoms with Gasteiger partial charge in [0.25, 0.3) is 5.91 Å². The van der Waals surface area contributed by atoms with Gasteiger partial charge in [0.05, 0.1) is 22.9 Å². The highest BCUT2D eigenvalue weighted by Gasteiger charge is 2.30. The van der Waals surface area contributed by atoms with Crippen LogP contribution in [0.3, 0.4) is 0 Å². The predicted molar refractivity (Wildman–Crippen MR) is 112 cm³/mol. The zero-order valence-corrected chi connectivity index (χ0v) is 16.5. The molecule has 156 valence electrons. The van der Waals surface area contributed by atoms with Gasteiger partial charge in [0.1, 0.15) is 0 Å². The smallest absolute Gasteiger partial charge is 0.345 e. The van der Waals surface area contributed by atoms with Crippen molar-refractivity contribution in [1.29, 1.82) is 0 Å². The van der Waals surface area contributed by atoms with Crippen molar-refractivity contribution in [3.05, 3.63) is 95.7 Å². The molecule has 4 aromatic rings. The zero-order valence-electron chi connectivity index (χ0n) is 16.5. The Hall–Kier alpha value is -3.74. The minimum Gasteiger partial charge on any atom is -0.345 e. The third-order valence-electron chi connectivity index (χ3n) is 4.96. The van der Waals surface area contributed by atoms with Crippen LogP contribution in [0.4, 0.5) is 13.2 Å². The molecular formula is C24H18F3N3O. The number of rotatable bonds is 4. The minimum absolute atomic E-state index is 0.357. The number of nitrogens with one attached hydrogen (secondary N) is 1. The van der Waals surface area contributed by atoms with Crippen molar-refractivity contribution in [2.24, 2.45) is 0 Å². The number of amides is 1. The molecule has 2 aromatic heterocycles. The number of halogens is 3. The monoisotopic (exact) mass is 421 g/mol. The summed E-state index contributed by atoms with van der Waals surface area (Å²) in [5.74, 6) is -0.414. The molecule has 0 fully saturated rings. The number of fused-ring (bicyclic) bond motifs is 1. The molecule has 0 radical (unpaired) electrons. The van der Waals surface area contributed by atoms with E-state index in [1.54, 1.807) is 37.4 Å². The Morgan fingerprint density at radius 2 is 1.74 bits per heavy atom. The summed E-state index contributed by atoms with van der Waals surface area (Å²) in [6.45, 7) is 1.65. The summed E-state index contributed by atoms with van der Waals surface area (Å²) in [5, 5.41) is 3.37. The number of benzene rings is 2. The second-order valence-electron chi connectivity index (χ2n) is 7.11. The lowest BCUT2D eigenvalue weighted by atomic mass is 10.0. The normalized spacial score (nSPS) is 12.5. The first-order valence-electron chi connectivity index (χ1n) is 9.62. The van der Waals surface area contributed by atoms with Crippen LogP contribution in [-0.2, 0) is 6.18 Å². The van der Waals surface area contributed by atoms with Crippen LogP contribution < -0.4 is 5.32 Å². The molecule has 0 saturated heterocycles. The van der Waals surface area contributed by atoms with Crippen LogP contribution in [0, 0.1) is 0 Å². The molecule has 0 aliphatic carbocycles. The minimum atomic E-state index is -4.45. The van der Waals surface area contributed by atoms with E-state index in [0.717, 1.165) is 17.7 Å². The molecule has 0 spiro atoms. The molecule has 2 heterocycles. The SMILES string of the molecule is CC(NC(=O)c1cc(-c2ccccc2)nc2ncccc12)c1cccc(C(F)(F)F)c1. The Balaban J connectivity index is 1.69. The topological polar surface area (TPSA) is 54.9 Å². The fourth-order valence-electron chi connectivity index (χ4n) is 3.34. The summed E-state index contributed by atoms with van der Waals surface area (Å²) in [4.78, 5) is 21.9. The highest BCUT2D eigenvalue weighted by Crippen LogP contribution is 2.31. The van der Waals surface area contributed by atoms with Crippen molar-refractivity contribution in [2.75, 3.05) is 0 Å². The maximum absolute atomic E-state index is 13.1. The molecular weight excluding hydrogens is 403 g/mol. The quantitative estimate of drug-likeness (QED) is 0.453. The Bertz CT molecular complexity index is 1240. The molecule has 1 atom stereocenters. The molecule has 7 heteroatoms. The number of hydrogen-bond donors (Lipinski definition) is 1. The van der Waals surface area contributed by atoms with Gasteiger partial charge in [0.15, 0.2) is 5.65 Å². The molecule has 0 saturated carbocycles. The zero-order chi connectivity index (χ0) is 22.0. The summed E-state index contributed by atoms with van der Waals surface area (Å²) in [7, 11) is 0. The molecule has 2 aromatic carbocycles. The average molecular weight is 421 g/mol. The highest BCUT2D eigenvalue weighted by atomic mass is 19.4. The number of aromatic nitrogens is 2. The van der Waals surface area contributed by atoms with Crippen molar-refractivity contribution >= 4 is 16.9 Å². The lowest BCUT2D eigenvalue weighted by molar-refractivity contribution is -0.137. The average Bonchev–Trinajstić information content (AvgIpc) is 2.78. The predicted octanol–water partition coefficient (Wildman–Crippen LogP) is 5.81. The largest absolute Gasteiger partial charge is 0.416 e. The second-order valence-corrected chi connectivity index (χ2v) is 7.11. The number of pyridine rings is 2. The highest BCUT2D eigenvalue weighted by molar-refractivity contribution is 6.06. The van der Waals surface area contributed by atoms with Crippen molar-refractivity contribution in [3.63, 3.8) is 0 Å². The van der Waals surface area contributed by atoms with Gasteiger partial charge in [-0.05, 0) is 42.8 Å². The van der Waals surface area contributed by atoms with Crippen molar-refractivity contribution in [1.82, 2.24) is 15.3 Å². The van der Waals surface area contributed by atoms with E-state index >= 15 is 0 Å².